The van der Waals surface area contributed by atoms with Gasteiger partial charge in [-0.05, 0) is 37.6 Å². The van der Waals surface area contributed by atoms with Crippen molar-refractivity contribution >= 4 is 17.7 Å². The van der Waals surface area contributed by atoms with Crippen LogP contribution >= 0.6 is 0 Å². The molecule has 170 valence electrons. The molecule has 0 bridgehead atoms. The molecule has 2 aromatic carbocycles. The average molecular weight is 445 g/mol. The highest BCUT2D eigenvalue weighted by Gasteiger charge is 2.28. The largest absolute Gasteiger partial charge is 0.492 e. The Kier molecular flexibility index (Phi) is 6.84. The van der Waals surface area contributed by atoms with Crippen LogP contribution in [-0.2, 0) is 4.74 Å². The Morgan fingerprint density at radius 2 is 2.03 bits per heavy atom. The highest BCUT2D eigenvalue weighted by molar-refractivity contribution is 6.06. The molecule has 1 saturated heterocycles. The van der Waals surface area contributed by atoms with Crippen LogP contribution < -0.4 is 20.7 Å². The number of piperidine rings is 1. The second kappa shape index (κ2) is 9.95. The van der Waals surface area contributed by atoms with Crippen LogP contribution in [0.3, 0.4) is 0 Å². The van der Waals surface area contributed by atoms with Crippen molar-refractivity contribution in [3.8, 4) is 5.75 Å². The molecule has 4 rings (SSSR count). The van der Waals surface area contributed by atoms with Crippen LogP contribution in [0.5, 0.6) is 5.75 Å². The van der Waals surface area contributed by atoms with E-state index in [9.17, 15) is 18.4 Å². The van der Waals surface area contributed by atoms with Crippen molar-refractivity contribution in [2.45, 2.75) is 25.3 Å². The van der Waals surface area contributed by atoms with E-state index in [-0.39, 0.29) is 17.3 Å². The lowest BCUT2D eigenvalue weighted by molar-refractivity contribution is 0.102. The van der Waals surface area contributed by atoms with Gasteiger partial charge in [0, 0.05) is 36.2 Å². The summed E-state index contributed by atoms with van der Waals surface area (Å²) in [6.07, 6.45) is 2.11. The van der Waals surface area contributed by atoms with Crippen molar-refractivity contribution in [1.82, 2.24) is 10.6 Å². The number of amides is 2. The number of rotatable bonds is 5. The van der Waals surface area contributed by atoms with E-state index in [0.29, 0.717) is 36.9 Å². The fraction of sp³-hybridized carbons (Fsp3) is 0.391. The molecule has 2 amide bonds. The number of para-hydroxylation sites is 1. The number of hydrogen-bond donors (Lipinski definition) is 3. The third-order valence-electron chi connectivity index (χ3n) is 5.64. The second-order valence-electron chi connectivity index (χ2n) is 7.95. The van der Waals surface area contributed by atoms with Crippen LogP contribution in [0, 0.1) is 17.6 Å². The van der Waals surface area contributed by atoms with Gasteiger partial charge in [-0.2, -0.15) is 0 Å². The van der Waals surface area contributed by atoms with Crippen LogP contribution in [0.1, 0.15) is 41.2 Å². The molecule has 0 aliphatic carbocycles. The van der Waals surface area contributed by atoms with Gasteiger partial charge in [0.15, 0.2) is 11.6 Å². The summed E-state index contributed by atoms with van der Waals surface area (Å²) in [6, 6.07) is 7.79. The number of alkyl carbamates (subject to hydrolysis) is 1. The van der Waals surface area contributed by atoms with E-state index in [1.54, 1.807) is 18.2 Å². The minimum Gasteiger partial charge on any atom is -0.492 e. The second-order valence-corrected chi connectivity index (χ2v) is 7.95. The molecule has 0 radical (unpaired) electrons. The summed E-state index contributed by atoms with van der Waals surface area (Å²) in [6.45, 7) is 2.49. The van der Waals surface area contributed by atoms with Crippen LogP contribution in [0.25, 0.3) is 0 Å². The van der Waals surface area contributed by atoms with Crippen LogP contribution in [-0.4, -0.2) is 38.3 Å². The Bertz CT molecular complexity index is 995. The molecule has 32 heavy (non-hydrogen) atoms. The maximum absolute atomic E-state index is 13.5. The lowest BCUT2D eigenvalue weighted by Crippen LogP contribution is -2.36. The molecular formula is C23H25F2N3O4. The maximum Gasteiger partial charge on any atom is 0.407 e. The standard InChI is InChI=1S/C23H25F2N3O4/c24-18-7-6-15(11-19(18)25)27-22(29)17-5-1-4-16-20(8-10-31-21(16)17)28-23(30)32-13-14-3-2-9-26-12-14/h1,4-7,11,14,20,26H,2-3,8-10,12-13H2,(H,27,29)(H,28,30)/t14?,20-/m0/s1. The van der Waals surface area contributed by atoms with Crippen molar-refractivity contribution in [3.05, 3.63) is 59.2 Å². The number of fused-ring (bicyclic) bond motifs is 1. The summed E-state index contributed by atoms with van der Waals surface area (Å²) in [5.74, 6) is -1.92. The SMILES string of the molecule is O=C(N[C@H]1CCOc2c(C(=O)Nc3ccc(F)c(F)c3)cccc21)OCC1CCCNC1. The average Bonchev–Trinajstić information content (AvgIpc) is 2.80. The molecule has 2 heterocycles. The van der Waals surface area contributed by atoms with Gasteiger partial charge in [-0.1, -0.05) is 12.1 Å². The van der Waals surface area contributed by atoms with Gasteiger partial charge in [-0.15, -0.1) is 0 Å². The maximum atomic E-state index is 13.5. The quantitative estimate of drug-likeness (QED) is 0.652. The predicted molar refractivity (Wildman–Crippen MR) is 114 cm³/mol. The Morgan fingerprint density at radius 3 is 2.81 bits per heavy atom. The molecule has 0 saturated carbocycles. The number of benzene rings is 2. The van der Waals surface area contributed by atoms with Gasteiger partial charge in [0.2, 0.25) is 0 Å². The molecule has 0 spiro atoms. The normalized spacial score (nSPS) is 19.9. The fourth-order valence-corrected chi connectivity index (χ4v) is 3.97. The summed E-state index contributed by atoms with van der Waals surface area (Å²) in [5, 5.41) is 8.69. The summed E-state index contributed by atoms with van der Waals surface area (Å²) in [4.78, 5) is 25.1. The summed E-state index contributed by atoms with van der Waals surface area (Å²) >= 11 is 0. The van der Waals surface area contributed by atoms with Crippen LogP contribution in [0.2, 0.25) is 0 Å². The smallest absolute Gasteiger partial charge is 0.407 e. The topological polar surface area (TPSA) is 88.7 Å². The van der Waals surface area contributed by atoms with Crippen molar-refractivity contribution in [3.63, 3.8) is 0 Å². The molecule has 2 atom stereocenters. The zero-order valence-corrected chi connectivity index (χ0v) is 17.5. The monoisotopic (exact) mass is 445 g/mol. The number of carbonyl (C=O) groups excluding carboxylic acids is 2. The van der Waals surface area contributed by atoms with Crippen molar-refractivity contribution in [1.29, 1.82) is 0 Å². The van der Waals surface area contributed by atoms with Gasteiger partial charge in [0.1, 0.15) is 5.75 Å². The van der Waals surface area contributed by atoms with Crippen LogP contribution in [0.15, 0.2) is 36.4 Å². The van der Waals surface area contributed by atoms with Gasteiger partial charge < -0.3 is 25.4 Å². The van der Waals surface area contributed by atoms with E-state index in [4.69, 9.17) is 9.47 Å². The molecular weight excluding hydrogens is 420 g/mol. The molecule has 1 fully saturated rings. The fourth-order valence-electron chi connectivity index (χ4n) is 3.97. The van der Waals surface area contributed by atoms with Crippen LogP contribution in [0.4, 0.5) is 19.3 Å². The third-order valence-corrected chi connectivity index (χ3v) is 5.64. The highest BCUT2D eigenvalue weighted by atomic mass is 19.2. The predicted octanol–water partition coefficient (Wildman–Crippen LogP) is 3.77. The zero-order valence-electron chi connectivity index (χ0n) is 17.5. The van der Waals surface area contributed by atoms with Gasteiger partial charge >= 0.3 is 6.09 Å². The summed E-state index contributed by atoms with van der Waals surface area (Å²) < 4.78 is 37.7. The zero-order chi connectivity index (χ0) is 22.5. The Morgan fingerprint density at radius 1 is 1.16 bits per heavy atom. The summed E-state index contributed by atoms with van der Waals surface area (Å²) in [5.41, 5.74) is 1.02. The van der Waals surface area contributed by atoms with E-state index >= 15 is 0 Å². The van der Waals surface area contributed by atoms with E-state index in [1.165, 1.54) is 6.07 Å². The Hall–Kier alpha value is -3.20. The van der Waals surface area contributed by atoms with Crippen molar-refractivity contribution in [2.75, 3.05) is 31.6 Å². The lowest BCUT2D eigenvalue weighted by Gasteiger charge is -2.28. The Balaban J connectivity index is 1.43. The number of ether oxygens (including phenoxy) is 2. The molecule has 2 aromatic rings. The number of nitrogens with one attached hydrogen (secondary N) is 3. The highest BCUT2D eigenvalue weighted by Crippen LogP contribution is 2.35. The third kappa shape index (κ3) is 5.16. The van der Waals surface area contributed by atoms with E-state index in [1.807, 2.05) is 0 Å². The van der Waals surface area contributed by atoms with Gasteiger partial charge in [-0.25, -0.2) is 13.6 Å². The first-order valence-corrected chi connectivity index (χ1v) is 10.7. The number of hydrogen-bond acceptors (Lipinski definition) is 5. The molecule has 7 nitrogen and oxygen atoms in total. The van der Waals surface area contributed by atoms with Gasteiger partial charge in [-0.3, -0.25) is 4.79 Å². The first-order valence-electron chi connectivity index (χ1n) is 10.7. The first kappa shape index (κ1) is 22.0. The minimum absolute atomic E-state index is 0.123. The van der Waals surface area contributed by atoms with Gasteiger partial charge in [0.25, 0.3) is 5.91 Å². The molecule has 3 N–H and O–H groups in total. The molecule has 2 aliphatic rings. The number of anilines is 1. The number of carbonyl (C=O) groups is 2. The van der Waals surface area contributed by atoms with E-state index in [2.05, 4.69) is 16.0 Å². The van der Waals surface area contributed by atoms with E-state index < -0.39 is 23.6 Å². The molecule has 1 unspecified atom stereocenters. The lowest BCUT2D eigenvalue weighted by atomic mass is 9.97. The first-order chi connectivity index (χ1) is 15.5. The Labute approximate surface area is 184 Å². The molecule has 0 aromatic heterocycles. The molecule has 2 aliphatic heterocycles. The van der Waals surface area contributed by atoms with Crippen molar-refractivity contribution < 1.29 is 27.8 Å². The van der Waals surface area contributed by atoms with E-state index in [0.717, 1.165) is 38.1 Å². The van der Waals surface area contributed by atoms with Gasteiger partial charge in [0.05, 0.1) is 24.8 Å². The number of halogens is 2. The summed E-state index contributed by atoms with van der Waals surface area (Å²) in [7, 11) is 0. The molecule has 9 heteroatoms. The van der Waals surface area contributed by atoms with Crippen molar-refractivity contribution in [2.24, 2.45) is 5.92 Å². The minimum atomic E-state index is -1.05.